The molecule has 12 heavy (non-hydrogen) atoms. The molecule has 2 N–H and O–H groups in total. The summed E-state index contributed by atoms with van der Waals surface area (Å²) in [6, 6.07) is 4.00. The van der Waals surface area contributed by atoms with Crippen LogP contribution in [-0.4, -0.2) is 5.16 Å². The summed E-state index contributed by atoms with van der Waals surface area (Å²) in [7, 11) is 0. The summed E-state index contributed by atoms with van der Waals surface area (Å²) in [5, 5.41) is 4.63. The van der Waals surface area contributed by atoms with Crippen LogP contribution in [0.5, 0.6) is 0 Å². The number of aromatic nitrogens is 1. The first-order chi connectivity index (χ1) is 5.68. The lowest BCUT2D eigenvalue weighted by atomic mass is 10.1. The fraction of sp³-hybridized carbons (Fsp3) is 0.222. The topological polar surface area (TPSA) is 52.0 Å². The van der Waals surface area contributed by atoms with E-state index in [9.17, 15) is 0 Å². The maximum Gasteiger partial charge on any atom is 0.175 e. The average molecular weight is 162 g/mol. The minimum atomic E-state index is 0.475. The van der Waals surface area contributed by atoms with E-state index in [1.807, 2.05) is 19.9 Å². The number of rotatable bonds is 0. The number of hydrogen-bond acceptors (Lipinski definition) is 3. The number of benzene rings is 1. The van der Waals surface area contributed by atoms with E-state index in [4.69, 9.17) is 10.3 Å². The molecule has 0 spiro atoms. The Bertz CT molecular complexity index is 431. The Morgan fingerprint density at radius 1 is 1.33 bits per heavy atom. The van der Waals surface area contributed by atoms with Gasteiger partial charge >= 0.3 is 0 Å². The zero-order valence-electron chi connectivity index (χ0n) is 7.09. The third-order valence-corrected chi connectivity index (χ3v) is 1.94. The van der Waals surface area contributed by atoms with E-state index in [2.05, 4.69) is 11.2 Å². The molecule has 0 bridgehead atoms. The van der Waals surface area contributed by atoms with E-state index in [1.165, 1.54) is 0 Å². The van der Waals surface area contributed by atoms with E-state index >= 15 is 0 Å². The molecule has 0 unspecified atom stereocenters. The SMILES string of the molecule is Cc1cc(C)c2c(N)noc2c1. The molecule has 0 saturated carbocycles. The average Bonchev–Trinajstić information content (AvgIpc) is 2.31. The van der Waals surface area contributed by atoms with Crippen LogP contribution in [0.1, 0.15) is 11.1 Å². The first-order valence-electron chi connectivity index (χ1n) is 3.80. The van der Waals surface area contributed by atoms with Crippen molar-refractivity contribution < 1.29 is 4.52 Å². The summed E-state index contributed by atoms with van der Waals surface area (Å²) in [6.45, 7) is 4.02. The van der Waals surface area contributed by atoms with E-state index in [0.717, 1.165) is 22.1 Å². The Morgan fingerprint density at radius 3 is 2.83 bits per heavy atom. The van der Waals surface area contributed by atoms with E-state index in [-0.39, 0.29) is 0 Å². The quantitative estimate of drug-likeness (QED) is 0.644. The van der Waals surface area contributed by atoms with Crippen molar-refractivity contribution in [2.45, 2.75) is 13.8 Å². The van der Waals surface area contributed by atoms with Gasteiger partial charge in [0.25, 0.3) is 0 Å². The van der Waals surface area contributed by atoms with Crippen LogP contribution in [-0.2, 0) is 0 Å². The van der Waals surface area contributed by atoms with Crippen LogP contribution in [0.25, 0.3) is 11.0 Å². The van der Waals surface area contributed by atoms with E-state index in [0.29, 0.717) is 5.82 Å². The molecule has 3 nitrogen and oxygen atoms in total. The normalized spacial score (nSPS) is 10.8. The molecular weight excluding hydrogens is 152 g/mol. The van der Waals surface area contributed by atoms with Gasteiger partial charge in [0, 0.05) is 0 Å². The lowest BCUT2D eigenvalue weighted by Gasteiger charge is -1.96. The molecule has 0 aliphatic carbocycles. The Labute approximate surface area is 70.1 Å². The Hall–Kier alpha value is -1.51. The predicted molar refractivity (Wildman–Crippen MR) is 47.9 cm³/mol. The lowest BCUT2D eigenvalue weighted by molar-refractivity contribution is 0.460. The molecule has 0 aliphatic heterocycles. The van der Waals surface area contributed by atoms with Crippen LogP contribution in [0, 0.1) is 13.8 Å². The molecule has 62 valence electrons. The van der Waals surface area contributed by atoms with Gasteiger partial charge in [-0.1, -0.05) is 11.2 Å². The highest BCUT2D eigenvalue weighted by Crippen LogP contribution is 2.24. The Morgan fingerprint density at radius 2 is 2.08 bits per heavy atom. The fourth-order valence-electron chi connectivity index (χ4n) is 1.47. The highest BCUT2D eigenvalue weighted by atomic mass is 16.5. The molecular formula is C9H10N2O. The Balaban J connectivity index is 2.93. The fourth-order valence-corrected chi connectivity index (χ4v) is 1.47. The highest BCUT2D eigenvalue weighted by molar-refractivity contribution is 5.90. The molecule has 0 amide bonds. The number of nitrogen functional groups attached to an aromatic ring is 1. The summed E-state index contributed by atoms with van der Waals surface area (Å²) in [6.07, 6.45) is 0. The number of aryl methyl sites for hydroxylation is 2. The molecule has 0 radical (unpaired) electrons. The summed E-state index contributed by atoms with van der Waals surface area (Å²) in [5.41, 5.74) is 8.67. The smallest absolute Gasteiger partial charge is 0.175 e. The number of anilines is 1. The van der Waals surface area contributed by atoms with Crippen molar-refractivity contribution >= 4 is 16.8 Å². The number of nitrogens with two attached hydrogens (primary N) is 1. The number of hydrogen-bond donors (Lipinski definition) is 1. The van der Waals surface area contributed by atoms with E-state index in [1.54, 1.807) is 0 Å². The van der Waals surface area contributed by atoms with Gasteiger partial charge in [0.05, 0.1) is 5.39 Å². The van der Waals surface area contributed by atoms with Gasteiger partial charge < -0.3 is 10.3 Å². The Kier molecular flexibility index (Phi) is 1.33. The van der Waals surface area contributed by atoms with Crippen LogP contribution in [0.4, 0.5) is 5.82 Å². The summed E-state index contributed by atoms with van der Waals surface area (Å²) < 4.78 is 5.04. The molecule has 3 heteroatoms. The van der Waals surface area contributed by atoms with Crippen molar-refractivity contribution in [1.29, 1.82) is 0 Å². The second-order valence-corrected chi connectivity index (χ2v) is 3.02. The number of fused-ring (bicyclic) bond motifs is 1. The van der Waals surface area contributed by atoms with Crippen molar-refractivity contribution in [3.05, 3.63) is 23.3 Å². The van der Waals surface area contributed by atoms with E-state index < -0.39 is 0 Å². The third-order valence-electron chi connectivity index (χ3n) is 1.94. The van der Waals surface area contributed by atoms with Gasteiger partial charge in [-0.2, -0.15) is 0 Å². The minimum absolute atomic E-state index is 0.475. The molecule has 0 fully saturated rings. The first kappa shape index (κ1) is 7.16. The molecule has 0 aliphatic rings. The monoisotopic (exact) mass is 162 g/mol. The molecule has 0 saturated heterocycles. The van der Waals surface area contributed by atoms with Gasteiger partial charge in [-0.15, -0.1) is 0 Å². The standard InChI is InChI=1S/C9H10N2O/c1-5-3-6(2)8-7(4-5)12-11-9(8)10/h3-4H,1-2H3,(H2,10,11). The number of nitrogens with zero attached hydrogens (tertiary/aromatic N) is 1. The molecule has 2 rings (SSSR count). The van der Waals surface area contributed by atoms with Crippen LogP contribution in [0.15, 0.2) is 16.7 Å². The minimum Gasteiger partial charge on any atom is -0.380 e. The van der Waals surface area contributed by atoms with Crippen molar-refractivity contribution in [1.82, 2.24) is 5.16 Å². The van der Waals surface area contributed by atoms with Crippen LogP contribution < -0.4 is 5.73 Å². The zero-order chi connectivity index (χ0) is 8.72. The zero-order valence-corrected chi connectivity index (χ0v) is 7.09. The second kappa shape index (κ2) is 2.24. The van der Waals surface area contributed by atoms with Gasteiger partial charge in [0.2, 0.25) is 0 Å². The third kappa shape index (κ3) is 0.863. The molecule has 0 atom stereocenters. The molecule has 1 aromatic heterocycles. The highest BCUT2D eigenvalue weighted by Gasteiger charge is 2.07. The van der Waals surface area contributed by atoms with Crippen molar-refractivity contribution in [2.75, 3.05) is 5.73 Å². The molecule has 1 aromatic carbocycles. The van der Waals surface area contributed by atoms with Gasteiger partial charge in [-0.25, -0.2) is 0 Å². The second-order valence-electron chi connectivity index (χ2n) is 3.02. The van der Waals surface area contributed by atoms with Gasteiger partial charge in [-0.05, 0) is 31.0 Å². The van der Waals surface area contributed by atoms with Crippen molar-refractivity contribution in [3.8, 4) is 0 Å². The lowest BCUT2D eigenvalue weighted by Crippen LogP contribution is -1.86. The van der Waals surface area contributed by atoms with Crippen molar-refractivity contribution in [2.24, 2.45) is 0 Å². The van der Waals surface area contributed by atoms with Gasteiger partial charge in [0.15, 0.2) is 11.4 Å². The van der Waals surface area contributed by atoms with Gasteiger partial charge in [-0.3, -0.25) is 0 Å². The summed E-state index contributed by atoms with van der Waals surface area (Å²) >= 11 is 0. The predicted octanol–water partition coefficient (Wildman–Crippen LogP) is 2.03. The van der Waals surface area contributed by atoms with Crippen LogP contribution in [0.3, 0.4) is 0 Å². The molecule has 1 heterocycles. The maximum absolute atomic E-state index is 5.62. The first-order valence-corrected chi connectivity index (χ1v) is 3.80. The maximum atomic E-state index is 5.62. The summed E-state index contributed by atoms with van der Waals surface area (Å²) in [4.78, 5) is 0. The molecule has 2 aromatic rings. The summed E-state index contributed by atoms with van der Waals surface area (Å²) in [5.74, 6) is 0.475. The van der Waals surface area contributed by atoms with Crippen LogP contribution >= 0.6 is 0 Å². The van der Waals surface area contributed by atoms with Crippen LogP contribution in [0.2, 0.25) is 0 Å². The van der Waals surface area contributed by atoms with Crippen molar-refractivity contribution in [3.63, 3.8) is 0 Å². The largest absolute Gasteiger partial charge is 0.380 e. The van der Waals surface area contributed by atoms with Gasteiger partial charge in [0.1, 0.15) is 0 Å².